The van der Waals surface area contributed by atoms with Gasteiger partial charge in [-0.05, 0) is 54.6 Å². The fourth-order valence-electron chi connectivity index (χ4n) is 4.13. The number of rotatable bonds is 7. The number of aliphatic imine (C=N–C) groups is 1. The lowest BCUT2D eigenvalue weighted by atomic mass is 10.1. The van der Waals surface area contributed by atoms with Crippen LogP contribution in [-0.4, -0.2) is 40.2 Å². The van der Waals surface area contributed by atoms with Crippen molar-refractivity contribution in [2.45, 2.75) is 19.9 Å². The SMILES string of the molecule is CCCN1C(=O)/C(=C/c2cn(Cc3ccc(C(=O)OC)o3)c3ccccc23)SC1=Nc1ccccc1. The number of amides is 1. The number of ether oxygens (including phenoxy) is 1. The summed E-state index contributed by atoms with van der Waals surface area (Å²) < 4.78 is 12.5. The highest BCUT2D eigenvalue weighted by molar-refractivity contribution is 8.18. The number of para-hydroxylation sites is 2. The van der Waals surface area contributed by atoms with Crippen molar-refractivity contribution < 1.29 is 18.7 Å². The Morgan fingerprint density at radius 3 is 2.64 bits per heavy atom. The van der Waals surface area contributed by atoms with Gasteiger partial charge in [0.15, 0.2) is 5.17 Å². The minimum atomic E-state index is -0.509. The smallest absolute Gasteiger partial charge is 0.373 e. The third-order valence-electron chi connectivity index (χ3n) is 5.80. The molecule has 0 atom stereocenters. The first-order valence-electron chi connectivity index (χ1n) is 11.7. The quantitative estimate of drug-likeness (QED) is 0.227. The van der Waals surface area contributed by atoms with E-state index in [1.807, 2.05) is 73.8 Å². The fraction of sp³-hybridized carbons (Fsp3) is 0.179. The van der Waals surface area contributed by atoms with Crippen LogP contribution in [0.1, 0.15) is 35.2 Å². The highest BCUT2D eigenvalue weighted by Gasteiger charge is 2.33. The monoisotopic (exact) mass is 499 g/mol. The summed E-state index contributed by atoms with van der Waals surface area (Å²) >= 11 is 1.40. The largest absolute Gasteiger partial charge is 0.463 e. The summed E-state index contributed by atoms with van der Waals surface area (Å²) in [7, 11) is 1.32. The predicted octanol–water partition coefficient (Wildman–Crippen LogP) is 6.08. The number of hydrogen-bond donors (Lipinski definition) is 0. The van der Waals surface area contributed by atoms with Crippen LogP contribution < -0.4 is 0 Å². The topological polar surface area (TPSA) is 77.0 Å². The zero-order chi connectivity index (χ0) is 25.1. The summed E-state index contributed by atoms with van der Waals surface area (Å²) in [5.41, 5.74) is 2.74. The van der Waals surface area contributed by atoms with E-state index < -0.39 is 5.97 Å². The number of benzene rings is 2. The van der Waals surface area contributed by atoms with Crippen LogP contribution in [0.5, 0.6) is 0 Å². The third kappa shape index (κ3) is 4.72. The van der Waals surface area contributed by atoms with Gasteiger partial charge in [-0.1, -0.05) is 43.3 Å². The van der Waals surface area contributed by atoms with Crippen LogP contribution >= 0.6 is 11.8 Å². The number of carbonyl (C=O) groups is 2. The Kier molecular flexibility index (Phi) is 6.77. The number of esters is 1. The van der Waals surface area contributed by atoms with E-state index in [0.717, 1.165) is 28.6 Å². The second-order valence-corrected chi connectivity index (χ2v) is 9.29. The molecule has 4 aromatic rings. The molecular formula is C28H25N3O4S. The molecule has 5 rings (SSSR count). The van der Waals surface area contributed by atoms with Gasteiger partial charge in [0.05, 0.1) is 24.2 Å². The van der Waals surface area contributed by atoms with E-state index in [9.17, 15) is 9.59 Å². The van der Waals surface area contributed by atoms with Crippen LogP contribution in [0.3, 0.4) is 0 Å². The van der Waals surface area contributed by atoms with Crippen molar-refractivity contribution in [1.82, 2.24) is 9.47 Å². The summed E-state index contributed by atoms with van der Waals surface area (Å²) in [6.45, 7) is 3.09. The number of aromatic nitrogens is 1. The average molecular weight is 500 g/mol. The Balaban J connectivity index is 1.49. The summed E-state index contributed by atoms with van der Waals surface area (Å²) in [5, 5.41) is 1.71. The molecule has 0 spiro atoms. The molecule has 3 heterocycles. The Hall–Kier alpha value is -4.04. The number of hydrogen-bond acceptors (Lipinski definition) is 6. The number of carbonyl (C=O) groups excluding carboxylic acids is 2. The maximum absolute atomic E-state index is 13.3. The molecule has 0 unspecified atom stereocenters. The van der Waals surface area contributed by atoms with Gasteiger partial charge in [-0.2, -0.15) is 0 Å². The van der Waals surface area contributed by atoms with Crippen molar-refractivity contribution in [3.63, 3.8) is 0 Å². The van der Waals surface area contributed by atoms with Crippen LogP contribution in [0.4, 0.5) is 5.69 Å². The van der Waals surface area contributed by atoms with Gasteiger partial charge >= 0.3 is 5.97 Å². The molecule has 1 fully saturated rings. The van der Waals surface area contributed by atoms with Gasteiger partial charge in [0, 0.05) is 29.2 Å². The Morgan fingerprint density at radius 1 is 1.08 bits per heavy atom. The van der Waals surface area contributed by atoms with Crippen molar-refractivity contribution in [2.75, 3.05) is 13.7 Å². The number of nitrogens with zero attached hydrogens (tertiary/aromatic N) is 3. The number of fused-ring (bicyclic) bond motifs is 1. The summed E-state index contributed by atoms with van der Waals surface area (Å²) in [4.78, 5) is 32.2. The first-order chi connectivity index (χ1) is 17.6. The molecule has 1 saturated heterocycles. The molecule has 36 heavy (non-hydrogen) atoms. The minimum absolute atomic E-state index is 0.0397. The van der Waals surface area contributed by atoms with E-state index in [2.05, 4.69) is 4.57 Å². The second kappa shape index (κ2) is 10.3. The van der Waals surface area contributed by atoms with Crippen LogP contribution in [0, 0.1) is 0 Å². The average Bonchev–Trinajstić information content (AvgIpc) is 3.58. The maximum Gasteiger partial charge on any atom is 0.373 e. The maximum atomic E-state index is 13.3. The van der Waals surface area contributed by atoms with Crippen molar-refractivity contribution in [3.05, 3.63) is 94.9 Å². The number of amidine groups is 1. The van der Waals surface area contributed by atoms with Gasteiger partial charge in [0.1, 0.15) is 5.76 Å². The standard InChI is InChI=1S/C28H25N3O4S/c1-3-15-31-26(32)25(36-28(31)29-20-9-5-4-6-10-20)16-19-17-30(23-12-8-7-11-22(19)23)18-21-13-14-24(35-21)27(33)34-2/h4-14,16-17H,3,15,18H2,1-2H3/b25-16-,29-28?. The lowest BCUT2D eigenvalue weighted by Crippen LogP contribution is -2.29. The molecule has 0 N–H and O–H groups in total. The molecule has 8 heteroatoms. The van der Waals surface area contributed by atoms with Gasteiger partial charge < -0.3 is 13.7 Å². The molecule has 0 radical (unpaired) electrons. The van der Waals surface area contributed by atoms with E-state index in [-0.39, 0.29) is 11.7 Å². The highest BCUT2D eigenvalue weighted by atomic mass is 32.2. The summed E-state index contributed by atoms with van der Waals surface area (Å²) in [6.07, 6.45) is 4.77. The van der Waals surface area contributed by atoms with E-state index >= 15 is 0 Å². The van der Waals surface area contributed by atoms with Crippen molar-refractivity contribution >= 4 is 51.5 Å². The normalized spacial score (nSPS) is 15.9. The van der Waals surface area contributed by atoms with Crippen molar-refractivity contribution in [2.24, 2.45) is 4.99 Å². The molecule has 182 valence electrons. The van der Waals surface area contributed by atoms with Gasteiger partial charge in [-0.15, -0.1) is 0 Å². The molecule has 2 aromatic heterocycles. The predicted molar refractivity (Wildman–Crippen MR) is 142 cm³/mol. The van der Waals surface area contributed by atoms with Crippen molar-refractivity contribution in [3.8, 4) is 0 Å². The number of methoxy groups -OCH3 is 1. The molecule has 0 aliphatic carbocycles. The Bertz CT molecular complexity index is 1480. The van der Waals surface area contributed by atoms with E-state index in [0.29, 0.717) is 28.9 Å². The summed E-state index contributed by atoms with van der Waals surface area (Å²) in [5.74, 6) is 0.251. The highest BCUT2D eigenvalue weighted by Crippen LogP contribution is 2.36. The van der Waals surface area contributed by atoms with Crippen LogP contribution in [0.15, 0.2) is 87.2 Å². The van der Waals surface area contributed by atoms with Gasteiger partial charge in [0.2, 0.25) is 5.76 Å². The molecule has 1 amide bonds. The first kappa shape index (κ1) is 23.7. The zero-order valence-corrected chi connectivity index (χ0v) is 20.8. The molecule has 1 aliphatic rings. The molecule has 1 aliphatic heterocycles. The van der Waals surface area contributed by atoms with Gasteiger partial charge in [-0.3, -0.25) is 9.69 Å². The lowest BCUT2D eigenvalue weighted by Gasteiger charge is -2.13. The van der Waals surface area contributed by atoms with E-state index in [1.54, 1.807) is 17.0 Å². The zero-order valence-electron chi connectivity index (χ0n) is 20.0. The molecule has 2 aromatic carbocycles. The molecule has 7 nitrogen and oxygen atoms in total. The Labute approximate surface area is 213 Å². The van der Waals surface area contributed by atoms with Crippen LogP contribution in [0.25, 0.3) is 17.0 Å². The number of furan rings is 1. The summed E-state index contributed by atoms with van der Waals surface area (Å²) in [6, 6.07) is 21.1. The third-order valence-corrected chi connectivity index (χ3v) is 6.80. The first-order valence-corrected chi connectivity index (χ1v) is 12.5. The minimum Gasteiger partial charge on any atom is -0.463 e. The van der Waals surface area contributed by atoms with E-state index in [1.165, 1.54) is 18.9 Å². The van der Waals surface area contributed by atoms with Crippen LogP contribution in [-0.2, 0) is 16.1 Å². The molecule has 0 saturated carbocycles. The van der Waals surface area contributed by atoms with Crippen molar-refractivity contribution in [1.29, 1.82) is 0 Å². The van der Waals surface area contributed by atoms with Crippen LogP contribution in [0.2, 0.25) is 0 Å². The van der Waals surface area contributed by atoms with Gasteiger partial charge in [-0.25, -0.2) is 9.79 Å². The number of thioether (sulfide) groups is 1. The molecular weight excluding hydrogens is 474 g/mol. The second-order valence-electron chi connectivity index (χ2n) is 8.28. The van der Waals surface area contributed by atoms with Gasteiger partial charge in [0.25, 0.3) is 5.91 Å². The fourth-order valence-corrected chi connectivity index (χ4v) is 5.14. The van der Waals surface area contributed by atoms with E-state index in [4.69, 9.17) is 14.1 Å². The molecule has 0 bridgehead atoms. The Morgan fingerprint density at radius 2 is 1.86 bits per heavy atom. The lowest BCUT2D eigenvalue weighted by molar-refractivity contribution is -0.122.